The molecule has 2 amide bonds. The second-order valence-corrected chi connectivity index (χ2v) is 6.66. The number of piperazine rings is 1. The Morgan fingerprint density at radius 1 is 1.19 bits per heavy atom. The molecule has 2 saturated heterocycles. The maximum Gasteiger partial charge on any atom is 0.289 e. The van der Waals surface area contributed by atoms with Gasteiger partial charge in [0, 0.05) is 37.8 Å². The van der Waals surface area contributed by atoms with Crippen LogP contribution in [0, 0.1) is 5.92 Å². The van der Waals surface area contributed by atoms with Gasteiger partial charge in [-0.3, -0.25) is 9.59 Å². The number of nitrogens with zero attached hydrogens (tertiary/aromatic N) is 2. The summed E-state index contributed by atoms with van der Waals surface area (Å²) in [5, 5.41) is 0. The molecule has 0 saturated carbocycles. The van der Waals surface area contributed by atoms with Crippen molar-refractivity contribution in [2.24, 2.45) is 5.92 Å². The summed E-state index contributed by atoms with van der Waals surface area (Å²) in [4.78, 5) is 28.3. The van der Waals surface area contributed by atoms with Crippen molar-refractivity contribution in [3.63, 3.8) is 0 Å². The SMILES string of the molecule is O=C(c1ccco1)N1CCN(C(=O)C2CCCSC2)CC1. The number of carbonyl (C=O) groups excluding carboxylic acids is 2. The number of carbonyl (C=O) groups is 2. The Morgan fingerprint density at radius 2 is 1.95 bits per heavy atom. The summed E-state index contributed by atoms with van der Waals surface area (Å²) in [5.74, 6) is 2.86. The van der Waals surface area contributed by atoms with Crippen molar-refractivity contribution in [2.75, 3.05) is 37.7 Å². The van der Waals surface area contributed by atoms with E-state index in [2.05, 4.69) is 0 Å². The van der Waals surface area contributed by atoms with Gasteiger partial charge in [0.1, 0.15) is 0 Å². The van der Waals surface area contributed by atoms with Crippen molar-refractivity contribution < 1.29 is 14.0 Å². The topological polar surface area (TPSA) is 53.8 Å². The zero-order valence-electron chi connectivity index (χ0n) is 12.0. The van der Waals surface area contributed by atoms with Gasteiger partial charge in [-0.15, -0.1) is 0 Å². The third kappa shape index (κ3) is 3.26. The zero-order chi connectivity index (χ0) is 14.7. The Balaban J connectivity index is 1.52. The minimum Gasteiger partial charge on any atom is -0.459 e. The Hall–Kier alpha value is -1.43. The molecule has 0 spiro atoms. The summed E-state index contributed by atoms with van der Waals surface area (Å²) in [5.41, 5.74) is 0. The number of rotatable bonds is 2. The van der Waals surface area contributed by atoms with E-state index in [0.29, 0.717) is 31.9 Å². The lowest BCUT2D eigenvalue weighted by Gasteiger charge is -2.36. The summed E-state index contributed by atoms with van der Waals surface area (Å²) in [6.07, 6.45) is 3.66. The maximum atomic E-state index is 12.4. The van der Waals surface area contributed by atoms with Crippen molar-refractivity contribution in [1.29, 1.82) is 0 Å². The summed E-state index contributed by atoms with van der Waals surface area (Å²) in [7, 11) is 0. The van der Waals surface area contributed by atoms with Crippen LogP contribution in [0.3, 0.4) is 0 Å². The van der Waals surface area contributed by atoms with E-state index >= 15 is 0 Å². The third-order valence-electron chi connectivity index (χ3n) is 4.12. The van der Waals surface area contributed by atoms with Crippen LogP contribution in [0.2, 0.25) is 0 Å². The van der Waals surface area contributed by atoms with Gasteiger partial charge in [-0.25, -0.2) is 0 Å². The first-order valence-corrected chi connectivity index (χ1v) is 8.60. The van der Waals surface area contributed by atoms with Gasteiger partial charge in [0.15, 0.2) is 5.76 Å². The van der Waals surface area contributed by atoms with Gasteiger partial charge >= 0.3 is 0 Å². The van der Waals surface area contributed by atoms with E-state index in [0.717, 1.165) is 18.6 Å². The van der Waals surface area contributed by atoms with E-state index in [1.807, 2.05) is 16.7 Å². The van der Waals surface area contributed by atoms with Crippen LogP contribution in [0.4, 0.5) is 0 Å². The van der Waals surface area contributed by atoms with Crippen molar-refractivity contribution in [2.45, 2.75) is 12.8 Å². The second-order valence-electron chi connectivity index (χ2n) is 5.51. The predicted molar refractivity (Wildman–Crippen MR) is 81.2 cm³/mol. The van der Waals surface area contributed by atoms with Crippen LogP contribution in [-0.2, 0) is 4.79 Å². The van der Waals surface area contributed by atoms with E-state index in [4.69, 9.17) is 4.42 Å². The van der Waals surface area contributed by atoms with Gasteiger partial charge in [-0.1, -0.05) is 0 Å². The number of hydrogen-bond donors (Lipinski definition) is 0. The number of amides is 2. The van der Waals surface area contributed by atoms with Crippen LogP contribution >= 0.6 is 11.8 Å². The highest BCUT2D eigenvalue weighted by Crippen LogP contribution is 2.24. The molecule has 0 radical (unpaired) electrons. The normalized spacial score (nSPS) is 23.1. The molecule has 2 fully saturated rings. The van der Waals surface area contributed by atoms with Crippen molar-refractivity contribution in [1.82, 2.24) is 9.80 Å². The molecule has 1 aromatic heterocycles. The molecule has 21 heavy (non-hydrogen) atoms. The highest BCUT2D eigenvalue weighted by atomic mass is 32.2. The number of hydrogen-bond acceptors (Lipinski definition) is 4. The lowest BCUT2D eigenvalue weighted by Crippen LogP contribution is -2.52. The molecule has 1 atom stereocenters. The van der Waals surface area contributed by atoms with Gasteiger partial charge < -0.3 is 14.2 Å². The van der Waals surface area contributed by atoms with Crippen molar-refractivity contribution in [3.8, 4) is 0 Å². The second kappa shape index (κ2) is 6.56. The van der Waals surface area contributed by atoms with Crippen LogP contribution in [0.5, 0.6) is 0 Å². The fourth-order valence-electron chi connectivity index (χ4n) is 2.88. The molecule has 0 aromatic carbocycles. The quantitative estimate of drug-likeness (QED) is 0.834. The number of furan rings is 1. The third-order valence-corrected chi connectivity index (χ3v) is 5.34. The molecule has 0 bridgehead atoms. The van der Waals surface area contributed by atoms with E-state index < -0.39 is 0 Å². The van der Waals surface area contributed by atoms with Gasteiger partial charge in [-0.05, 0) is 30.7 Å². The van der Waals surface area contributed by atoms with Gasteiger partial charge in [-0.2, -0.15) is 11.8 Å². The van der Waals surface area contributed by atoms with E-state index in [-0.39, 0.29) is 17.7 Å². The molecule has 2 aliphatic rings. The maximum absolute atomic E-state index is 12.4. The summed E-state index contributed by atoms with van der Waals surface area (Å²) in [6, 6.07) is 3.40. The van der Waals surface area contributed by atoms with E-state index in [9.17, 15) is 9.59 Å². The average molecular weight is 308 g/mol. The van der Waals surface area contributed by atoms with Crippen molar-refractivity contribution in [3.05, 3.63) is 24.2 Å². The van der Waals surface area contributed by atoms with Crippen LogP contribution in [-0.4, -0.2) is 59.3 Å². The molecule has 1 aromatic rings. The lowest BCUT2D eigenvalue weighted by atomic mass is 10.0. The first-order chi connectivity index (χ1) is 10.3. The fraction of sp³-hybridized carbons (Fsp3) is 0.600. The molecule has 5 nitrogen and oxygen atoms in total. The van der Waals surface area contributed by atoms with Gasteiger partial charge in [0.05, 0.1) is 6.26 Å². The Bertz CT molecular complexity index is 489. The summed E-state index contributed by atoms with van der Waals surface area (Å²) >= 11 is 1.87. The summed E-state index contributed by atoms with van der Waals surface area (Å²) < 4.78 is 5.14. The molecule has 6 heteroatoms. The molecule has 0 aliphatic carbocycles. The highest BCUT2D eigenvalue weighted by molar-refractivity contribution is 7.99. The highest BCUT2D eigenvalue weighted by Gasteiger charge is 2.30. The minimum atomic E-state index is -0.0830. The first kappa shape index (κ1) is 14.5. The average Bonchev–Trinajstić information content (AvgIpc) is 3.09. The van der Waals surface area contributed by atoms with E-state index in [1.54, 1.807) is 17.0 Å². The van der Waals surface area contributed by atoms with Crippen LogP contribution in [0.15, 0.2) is 22.8 Å². The molecular formula is C15H20N2O3S. The molecule has 114 valence electrons. The molecule has 0 N–H and O–H groups in total. The Morgan fingerprint density at radius 3 is 2.57 bits per heavy atom. The summed E-state index contributed by atoms with van der Waals surface area (Å²) in [6.45, 7) is 2.44. The molecule has 3 heterocycles. The molecule has 3 rings (SSSR count). The van der Waals surface area contributed by atoms with Crippen LogP contribution in [0.1, 0.15) is 23.4 Å². The lowest BCUT2D eigenvalue weighted by molar-refractivity contribution is -0.136. The van der Waals surface area contributed by atoms with Gasteiger partial charge in [0.2, 0.25) is 5.91 Å². The van der Waals surface area contributed by atoms with Gasteiger partial charge in [0.25, 0.3) is 5.91 Å². The minimum absolute atomic E-state index is 0.0830. The zero-order valence-corrected chi connectivity index (χ0v) is 12.8. The number of thioether (sulfide) groups is 1. The Kier molecular flexibility index (Phi) is 4.53. The monoisotopic (exact) mass is 308 g/mol. The van der Waals surface area contributed by atoms with Crippen LogP contribution in [0.25, 0.3) is 0 Å². The molecule has 1 unspecified atom stereocenters. The predicted octanol–water partition coefficient (Wildman–Crippen LogP) is 1.71. The fourth-order valence-corrected chi connectivity index (χ4v) is 4.01. The smallest absolute Gasteiger partial charge is 0.289 e. The van der Waals surface area contributed by atoms with E-state index in [1.165, 1.54) is 12.0 Å². The standard InChI is InChI=1S/C15H20N2O3S/c18-14(12-3-2-10-21-11-12)16-5-7-17(8-6-16)15(19)13-4-1-9-20-13/h1,4,9,12H,2-3,5-8,10-11H2. The molecule has 2 aliphatic heterocycles. The first-order valence-electron chi connectivity index (χ1n) is 7.45. The largest absolute Gasteiger partial charge is 0.459 e. The van der Waals surface area contributed by atoms with Crippen LogP contribution < -0.4 is 0 Å². The van der Waals surface area contributed by atoms with Crippen molar-refractivity contribution >= 4 is 23.6 Å². The Labute approximate surface area is 128 Å². The molecular weight excluding hydrogens is 288 g/mol.